The molecule has 0 atom stereocenters. The van der Waals surface area contributed by atoms with Crippen molar-refractivity contribution < 1.29 is 9.90 Å². The molecule has 0 radical (unpaired) electrons. The van der Waals surface area contributed by atoms with E-state index in [4.69, 9.17) is 5.26 Å². The number of aryl methyl sites for hydroxylation is 1. The number of aromatic hydroxyl groups is 1. The summed E-state index contributed by atoms with van der Waals surface area (Å²) in [6.07, 6.45) is 2.05. The summed E-state index contributed by atoms with van der Waals surface area (Å²) in [5.41, 5.74) is 1.22. The molecule has 1 aromatic carbocycles. The van der Waals surface area contributed by atoms with Gasteiger partial charge in [-0.25, -0.2) is 0 Å². The van der Waals surface area contributed by atoms with E-state index in [1.165, 1.54) is 6.07 Å². The number of carbonyl (C=O) groups is 1. The van der Waals surface area contributed by atoms with Gasteiger partial charge in [0.1, 0.15) is 5.75 Å². The van der Waals surface area contributed by atoms with Crippen LogP contribution in [0.3, 0.4) is 0 Å². The van der Waals surface area contributed by atoms with Crippen molar-refractivity contribution in [2.24, 2.45) is 0 Å². The number of phenols is 1. The molecule has 2 N–H and O–H groups in total. The number of nitrogens with zero attached hydrogens (tertiary/aromatic N) is 1. The monoisotopic (exact) mass is 232 g/mol. The topological polar surface area (TPSA) is 73.1 Å². The van der Waals surface area contributed by atoms with E-state index in [0.717, 1.165) is 18.4 Å². The molecule has 0 spiro atoms. The Morgan fingerprint density at radius 2 is 2.24 bits per heavy atom. The van der Waals surface area contributed by atoms with E-state index in [0.29, 0.717) is 18.5 Å². The Labute approximate surface area is 101 Å². The largest absolute Gasteiger partial charge is 0.507 e. The lowest BCUT2D eigenvalue weighted by molar-refractivity contribution is 0.0950. The number of benzene rings is 1. The van der Waals surface area contributed by atoms with Crippen molar-refractivity contribution in [1.29, 1.82) is 5.26 Å². The highest BCUT2D eigenvalue weighted by molar-refractivity contribution is 5.96. The highest BCUT2D eigenvalue weighted by Gasteiger charge is 2.10. The Hall–Kier alpha value is -2.02. The van der Waals surface area contributed by atoms with Gasteiger partial charge >= 0.3 is 0 Å². The minimum Gasteiger partial charge on any atom is -0.507 e. The smallest absolute Gasteiger partial charge is 0.255 e. The molecule has 0 aliphatic rings. The maximum atomic E-state index is 11.7. The normalized spacial score (nSPS) is 9.65. The molecule has 0 saturated heterocycles. The summed E-state index contributed by atoms with van der Waals surface area (Å²) >= 11 is 0. The van der Waals surface area contributed by atoms with Crippen molar-refractivity contribution in [2.75, 3.05) is 6.54 Å². The molecular formula is C13H16N2O2. The van der Waals surface area contributed by atoms with Gasteiger partial charge in [-0.2, -0.15) is 5.26 Å². The van der Waals surface area contributed by atoms with Crippen molar-refractivity contribution in [3.8, 4) is 11.8 Å². The molecule has 0 aliphatic carbocycles. The summed E-state index contributed by atoms with van der Waals surface area (Å²) in [4.78, 5) is 11.7. The van der Waals surface area contributed by atoms with Crippen molar-refractivity contribution in [3.05, 3.63) is 29.3 Å². The third kappa shape index (κ3) is 4.15. The Morgan fingerprint density at radius 3 is 2.94 bits per heavy atom. The van der Waals surface area contributed by atoms with Crippen LogP contribution in [0.5, 0.6) is 5.75 Å². The number of hydrogen-bond donors (Lipinski definition) is 2. The molecule has 1 amide bonds. The molecule has 0 heterocycles. The molecule has 4 nitrogen and oxygen atoms in total. The van der Waals surface area contributed by atoms with Gasteiger partial charge in [0.15, 0.2) is 0 Å². The third-order valence-corrected chi connectivity index (χ3v) is 2.40. The predicted molar refractivity (Wildman–Crippen MR) is 64.6 cm³/mol. The highest BCUT2D eigenvalue weighted by atomic mass is 16.3. The van der Waals surface area contributed by atoms with E-state index >= 15 is 0 Å². The predicted octanol–water partition coefficient (Wildman–Crippen LogP) is 2.12. The van der Waals surface area contributed by atoms with E-state index < -0.39 is 0 Å². The molecule has 1 aromatic rings. The van der Waals surface area contributed by atoms with Crippen molar-refractivity contribution in [3.63, 3.8) is 0 Å². The molecule has 0 fully saturated rings. The zero-order chi connectivity index (χ0) is 12.7. The number of hydrogen-bond acceptors (Lipinski definition) is 3. The first-order valence-electron chi connectivity index (χ1n) is 5.60. The molecule has 0 saturated carbocycles. The standard InChI is InChI=1S/C13H16N2O2/c1-10-5-6-12(16)11(9-10)13(17)15-8-4-2-3-7-14/h5-6,9,16H,2-4,8H2,1H3,(H,15,17). The summed E-state index contributed by atoms with van der Waals surface area (Å²) in [5, 5.41) is 20.6. The van der Waals surface area contributed by atoms with Gasteiger partial charge in [-0.05, 0) is 31.9 Å². The minimum atomic E-state index is -0.275. The number of nitriles is 1. The van der Waals surface area contributed by atoms with Gasteiger partial charge in [-0.15, -0.1) is 0 Å². The first kappa shape index (κ1) is 13.0. The average molecular weight is 232 g/mol. The van der Waals surface area contributed by atoms with Gasteiger partial charge < -0.3 is 10.4 Å². The number of amides is 1. The van der Waals surface area contributed by atoms with E-state index in [1.54, 1.807) is 12.1 Å². The maximum absolute atomic E-state index is 11.7. The first-order chi connectivity index (χ1) is 8.15. The van der Waals surface area contributed by atoms with Crippen LogP contribution in [0, 0.1) is 18.3 Å². The van der Waals surface area contributed by atoms with E-state index in [1.807, 2.05) is 6.92 Å². The van der Waals surface area contributed by atoms with Crippen LogP contribution in [-0.2, 0) is 0 Å². The zero-order valence-corrected chi connectivity index (χ0v) is 9.86. The van der Waals surface area contributed by atoms with Gasteiger partial charge in [0.25, 0.3) is 5.91 Å². The van der Waals surface area contributed by atoms with Crippen LogP contribution in [0.4, 0.5) is 0 Å². The maximum Gasteiger partial charge on any atom is 0.255 e. The SMILES string of the molecule is Cc1ccc(O)c(C(=O)NCCCCC#N)c1. The fourth-order valence-corrected chi connectivity index (χ4v) is 1.46. The Morgan fingerprint density at radius 1 is 1.47 bits per heavy atom. The van der Waals surface area contributed by atoms with Crippen molar-refractivity contribution >= 4 is 5.91 Å². The first-order valence-corrected chi connectivity index (χ1v) is 5.60. The molecule has 90 valence electrons. The van der Waals surface area contributed by atoms with Crippen molar-refractivity contribution in [2.45, 2.75) is 26.2 Å². The Kier molecular flexibility index (Phi) is 5.02. The van der Waals surface area contributed by atoms with Crippen LogP contribution < -0.4 is 5.32 Å². The minimum absolute atomic E-state index is 0.00914. The number of unbranched alkanes of at least 4 members (excludes halogenated alkanes) is 2. The molecule has 4 heteroatoms. The van der Waals surface area contributed by atoms with E-state index in [2.05, 4.69) is 11.4 Å². The van der Waals surface area contributed by atoms with Crippen LogP contribution in [0.15, 0.2) is 18.2 Å². The van der Waals surface area contributed by atoms with Crippen molar-refractivity contribution in [1.82, 2.24) is 5.32 Å². The third-order valence-electron chi connectivity index (χ3n) is 2.40. The van der Waals surface area contributed by atoms with Crippen LogP contribution >= 0.6 is 0 Å². The number of carbonyl (C=O) groups excluding carboxylic acids is 1. The van der Waals surface area contributed by atoms with Gasteiger partial charge in [-0.1, -0.05) is 11.6 Å². The zero-order valence-electron chi connectivity index (χ0n) is 9.86. The molecular weight excluding hydrogens is 216 g/mol. The second kappa shape index (κ2) is 6.54. The van der Waals surface area contributed by atoms with Crippen LogP contribution in [0.2, 0.25) is 0 Å². The van der Waals surface area contributed by atoms with Gasteiger partial charge in [0.05, 0.1) is 11.6 Å². The second-order valence-corrected chi connectivity index (χ2v) is 3.89. The molecule has 0 bridgehead atoms. The fourth-order valence-electron chi connectivity index (χ4n) is 1.46. The Bertz CT molecular complexity index is 436. The number of nitrogens with one attached hydrogen (secondary N) is 1. The van der Waals surface area contributed by atoms with Gasteiger partial charge in [0, 0.05) is 13.0 Å². The lowest BCUT2D eigenvalue weighted by Gasteiger charge is -2.07. The molecule has 1 rings (SSSR count). The summed E-state index contributed by atoms with van der Waals surface area (Å²) in [6.45, 7) is 2.39. The molecule has 0 aromatic heterocycles. The number of rotatable bonds is 5. The molecule has 0 aliphatic heterocycles. The average Bonchev–Trinajstić information content (AvgIpc) is 2.32. The summed E-state index contributed by atoms with van der Waals surface area (Å²) in [6, 6.07) is 6.97. The quantitative estimate of drug-likeness (QED) is 0.764. The molecule has 17 heavy (non-hydrogen) atoms. The molecule has 0 unspecified atom stereocenters. The van der Waals surface area contributed by atoms with E-state index in [-0.39, 0.29) is 11.7 Å². The summed E-state index contributed by atoms with van der Waals surface area (Å²) in [7, 11) is 0. The fraction of sp³-hybridized carbons (Fsp3) is 0.385. The lowest BCUT2D eigenvalue weighted by atomic mass is 10.1. The lowest BCUT2D eigenvalue weighted by Crippen LogP contribution is -2.24. The van der Waals surface area contributed by atoms with Crippen LogP contribution in [0.1, 0.15) is 35.2 Å². The second-order valence-electron chi connectivity index (χ2n) is 3.89. The van der Waals surface area contributed by atoms with Crippen LogP contribution in [-0.4, -0.2) is 17.6 Å². The number of phenolic OH excluding ortho intramolecular Hbond substituents is 1. The van der Waals surface area contributed by atoms with Crippen LogP contribution in [0.25, 0.3) is 0 Å². The summed E-state index contributed by atoms with van der Waals surface area (Å²) < 4.78 is 0. The van der Waals surface area contributed by atoms with E-state index in [9.17, 15) is 9.90 Å². The van der Waals surface area contributed by atoms with Gasteiger partial charge in [0.2, 0.25) is 0 Å². The highest BCUT2D eigenvalue weighted by Crippen LogP contribution is 2.17. The summed E-state index contributed by atoms with van der Waals surface area (Å²) in [5.74, 6) is -0.284. The van der Waals surface area contributed by atoms with Gasteiger partial charge in [-0.3, -0.25) is 4.79 Å². The Balaban J connectivity index is 2.47.